The highest BCUT2D eigenvalue weighted by atomic mass is 16.5. The number of rotatable bonds is 3. The normalized spacial score (nSPS) is 46.5. The van der Waals surface area contributed by atoms with Crippen molar-refractivity contribution >= 4 is 23.3 Å². The molecule has 0 bridgehead atoms. The Morgan fingerprint density at radius 1 is 1.14 bits per heavy atom. The van der Waals surface area contributed by atoms with Gasteiger partial charge in [-0.25, -0.2) is 0 Å². The van der Waals surface area contributed by atoms with E-state index in [0.29, 0.717) is 48.6 Å². The van der Waals surface area contributed by atoms with E-state index >= 15 is 0 Å². The molecule has 5 nitrogen and oxygen atoms in total. The van der Waals surface area contributed by atoms with Crippen LogP contribution in [0.1, 0.15) is 72.6 Å². The highest BCUT2D eigenvalue weighted by Crippen LogP contribution is 2.67. The van der Waals surface area contributed by atoms with Crippen LogP contribution in [0.25, 0.3) is 0 Å². The summed E-state index contributed by atoms with van der Waals surface area (Å²) in [5.74, 6) is 1.16. The van der Waals surface area contributed by atoms with Gasteiger partial charge in [0.25, 0.3) is 0 Å². The summed E-state index contributed by atoms with van der Waals surface area (Å²) in [5, 5.41) is 0. The van der Waals surface area contributed by atoms with Gasteiger partial charge >= 0.3 is 5.97 Å². The maximum absolute atomic E-state index is 13.6. The summed E-state index contributed by atoms with van der Waals surface area (Å²) in [6.07, 6.45) is 5.47. The average molecular weight is 403 g/mol. The van der Waals surface area contributed by atoms with E-state index in [1.54, 1.807) is 0 Å². The van der Waals surface area contributed by atoms with E-state index in [-0.39, 0.29) is 41.0 Å². The Morgan fingerprint density at radius 3 is 2.55 bits per heavy atom. The molecular weight excluding hydrogens is 368 g/mol. The monoisotopic (exact) mass is 402 g/mol. The summed E-state index contributed by atoms with van der Waals surface area (Å²) in [6, 6.07) is 0. The third-order valence-corrected chi connectivity index (χ3v) is 9.27. The maximum Gasteiger partial charge on any atom is 0.303 e. The highest BCUT2D eigenvalue weighted by Gasteiger charge is 2.65. The number of carbonyl (C=O) groups is 4. The molecule has 29 heavy (non-hydrogen) atoms. The molecule has 0 aliphatic heterocycles. The fourth-order valence-electron chi connectivity index (χ4n) is 8.18. The second-order valence-electron chi connectivity index (χ2n) is 10.9. The van der Waals surface area contributed by atoms with E-state index in [1.807, 2.05) is 0 Å². The Balaban J connectivity index is 1.63. The van der Waals surface area contributed by atoms with Gasteiger partial charge in [-0.2, -0.15) is 0 Å². The molecule has 4 aliphatic rings. The minimum atomic E-state index is -0.441. The second-order valence-corrected chi connectivity index (χ2v) is 10.9. The van der Waals surface area contributed by atoms with Gasteiger partial charge in [-0.3, -0.25) is 19.2 Å². The van der Waals surface area contributed by atoms with Gasteiger partial charge in [0.2, 0.25) is 0 Å². The number of fused-ring (bicyclic) bond motifs is 5. The van der Waals surface area contributed by atoms with Crippen molar-refractivity contribution < 1.29 is 23.9 Å². The molecule has 0 aromatic rings. The summed E-state index contributed by atoms with van der Waals surface area (Å²) in [6.45, 7) is 7.63. The Morgan fingerprint density at radius 2 is 1.86 bits per heavy atom. The SMILES string of the molecule is CC(=O)OCC(=O)[C@H]1[C@H](C)C[C@H]2[C@@H]3CCC4CC(=O)CC[C@]4(C)[C@H]3C(=O)C[C@@]21C. The minimum absolute atomic E-state index is 0.0296. The molecule has 0 aromatic heterocycles. The number of hydrogen-bond acceptors (Lipinski definition) is 5. The van der Waals surface area contributed by atoms with E-state index < -0.39 is 5.97 Å². The van der Waals surface area contributed by atoms with Crippen molar-refractivity contribution in [2.45, 2.75) is 72.6 Å². The number of carbonyl (C=O) groups excluding carboxylic acids is 4. The number of hydrogen-bond donors (Lipinski definition) is 0. The molecule has 160 valence electrons. The molecule has 0 radical (unpaired) electrons. The smallest absolute Gasteiger partial charge is 0.303 e. The van der Waals surface area contributed by atoms with Crippen molar-refractivity contribution in [2.75, 3.05) is 6.61 Å². The predicted octanol–water partition coefficient (Wildman–Crippen LogP) is 3.77. The molecule has 0 saturated heterocycles. The van der Waals surface area contributed by atoms with Gasteiger partial charge in [0.05, 0.1) is 0 Å². The number of ketones is 3. The van der Waals surface area contributed by atoms with Crippen LogP contribution >= 0.6 is 0 Å². The first kappa shape index (κ1) is 20.7. The van der Waals surface area contributed by atoms with Crippen LogP contribution in [0.4, 0.5) is 0 Å². The summed E-state index contributed by atoms with van der Waals surface area (Å²) in [7, 11) is 0. The lowest BCUT2D eigenvalue weighted by Crippen LogP contribution is -2.58. The Bertz CT molecular complexity index is 756. The van der Waals surface area contributed by atoms with Crippen molar-refractivity contribution in [3.8, 4) is 0 Å². The second kappa shape index (κ2) is 7.02. The van der Waals surface area contributed by atoms with Crippen LogP contribution in [0.3, 0.4) is 0 Å². The minimum Gasteiger partial charge on any atom is -0.458 e. The Labute approximate surface area is 173 Å². The summed E-state index contributed by atoms with van der Waals surface area (Å²) >= 11 is 0. The van der Waals surface area contributed by atoms with Crippen LogP contribution in [0.5, 0.6) is 0 Å². The van der Waals surface area contributed by atoms with Gasteiger partial charge < -0.3 is 4.74 Å². The number of Topliss-reactive ketones (excluding diaryl/α,β-unsaturated/α-hetero) is 3. The van der Waals surface area contributed by atoms with Crippen LogP contribution in [0.15, 0.2) is 0 Å². The quantitative estimate of drug-likeness (QED) is 0.672. The summed E-state index contributed by atoms with van der Waals surface area (Å²) < 4.78 is 5.01. The van der Waals surface area contributed by atoms with Gasteiger partial charge in [0.1, 0.15) is 18.2 Å². The zero-order chi connectivity index (χ0) is 21.1. The predicted molar refractivity (Wildman–Crippen MR) is 107 cm³/mol. The van der Waals surface area contributed by atoms with Crippen molar-refractivity contribution in [1.29, 1.82) is 0 Å². The lowest BCUT2D eigenvalue weighted by Gasteiger charge is -2.59. The molecule has 0 spiro atoms. The largest absolute Gasteiger partial charge is 0.458 e. The molecule has 4 fully saturated rings. The van der Waals surface area contributed by atoms with E-state index in [1.165, 1.54) is 6.92 Å². The summed E-state index contributed by atoms with van der Waals surface area (Å²) in [5.41, 5.74) is -0.416. The fraction of sp³-hybridized carbons (Fsp3) is 0.833. The summed E-state index contributed by atoms with van der Waals surface area (Å²) in [4.78, 5) is 49.8. The molecular formula is C24H34O5. The zero-order valence-corrected chi connectivity index (χ0v) is 18.2. The number of ether oxygens (including phenoxy) is 1. The molecule has 0 N–H and O–H groups in total. The van der Waals surface area contributed by atoms with Gasteiger partial charge in [0, 0.05) is 38.0 Å². The van der Waals surface area contributed by atoms with Gasteiger partial charge in [0.15, 0.2) is 5.78 Å². The maximum atomic E-state index is 13.6. The van der Waals surface area contributed by atoms with Crippen LogP contribution in [0.2, 0.25) is 0 Å². The first-order valence-corrected chi connectivity index (χ1v) is 11.3. The first-order chi connectivity index (χ1) is 13.6. The molecule has 0 amide bonds. The van der Waals surface area contributed by atoms with Crippen LogP contribution in [-0.4, -0.2) is 29.9 Å². The molecule has 5 heteroatoms. The Kier molecular flexibility index (Phi) is 5.02. The average Bonchev–Trinajstić information content (AvgIpc) is 2.89. The van der Waals surface area contributed by atoms with Crippen molar-refractivity contribution in [3.63, 3.8) is 0 Å². The zero-order valence-electron chi connectivity index (χ0n) is 18.2. The van der Waals surface area contributed by atoms with Crippen molar-refractivity contribution in [1.82, 2.24) is 0 Å². The topological polar surface area (TPSA) is 77.5 Å². The molecule has 8 atom stereocenters. The van der Waals surface area contributed by atoms with Gasteiger partial charge in [-0.05, 0) is 60.2 Å². The standard InChI is InChI=1S/C24H34O5/c1-13-9-18-17-6-5-15-10-16(26)7-8-23(15,3)22(17)19(27)11-24(18,4)21(13)20(28)12-29-14(2)25/h13,15,17-18,21-22H,5-12H2,1-4H3/t13-,15?,17+,18+,21-,22-,23+,24+/m1/s1. The highest BCUT2D eigenvalue weighted by molar-refractivity contribution is 5.89. The molecule has 4 rings (SSSR count). The molecule has 1 unspecified atom stereocenters. The van der Waals surface area contributed by atoms with Gasteiger partial charge in [-0.15, -0.1) is 0 Å². The lowest BCUT2D eigenvalue weighted by atomic mass is 9.44. The van der Waals surface area contributed by atoms with E-state index in [4.69, 9.17) is 4.74 Å². The van der Waals surface area contributed by atoms with E-state index in [0.717, 1.165) is 25.7 Å². The third kappa shape index (κ3) is 3.11. The van der Waals surface area contributed by atoms with Crippen LogP contribution < -0.4 is 0 Å². The molecule has 4 aliphatic carbocycles. The molecule has 0 aromatic carbocycles. The van der Waals surface area contributed by atoms with Crippen LogP contribution in [0, 0.1) is 46.3 Å². The first-order valence-electron chi connectivity index (χ1n) is 11.3. The number of esters is 1. The van der Waals surface area contributed by atoms with Crippen LogP contribution in [-0.2, 0) is 23.9 Å². The molecule has 0 heterocycles. The van der Waals surface area contributed by atoms with Crippen molar-refractivity contribution in [2.24, 2.45) is 46.3 Å². The van der Waals surface area contributed by atoms with E-state index in [9.17, 15) is 19.2 Å². The third-order valence-electron chi connectivity index (χ3n) is 9.27. The lowest BCUT2D eigenvalue weighted by molar-refractivity contribution is -0.163. The Hall–Kier alpha value is -1.52. The fourth-order valence-corrected chi connectivity index (χ4v) is 8.18. The van der Waals surface area contributed by atoms with Gasteiger partial charge in [-0.1, -0.05) is 20.8 Å². The molecule has 4 saturated carbocycles. The van der Waals surface area contributed by atoms with Crippen molar-refractivity contribution in [3.05, 3.63) is 0 Å². The van der Waals surface area contributed by atoms with E-state index in [2.05, 4.69) is 20.8 Å².